The Morgan fingerprint density at radius 1 is 1.29 bits per heavy atom. The molecule has 0 atom stereocenters. The fourth-order valence-corrected chi connectivity index (χ4v) is 3.23. The normalized spacial score (nSPS) is 12.4. The van der Waals surface area contributed by atoms with Gasteiger partial charge < -0.3 is 10.5 Å². The molecule has 0 spiro atoms. The lowest BCUT2D eigenvalue weighted by atomic mass is 10.0. The summed E-state index contributed by atoms with van der Waals surface area (Å²) in [7, 11) is -2.72. The Morgan fingerprint density at radius 3 is 2.64 bits per heavy atom. The Kier molecular flexibility index (Phi) is 4.91. The third kappa shape index (κ3) is 4.50. The number of halogens is 3. The number of hydrogen-bond donors (Lipinski definition) is 1. The first-order valence-corrected chi connectivity index (χ1v) is 10.2. The molecule has 150 valence electrons. The average Bonchev–Trinajstić information content (AvgIpc) is 2.99. The van der Waals surface area contributed by atoms with Crippen molar-refractivity contribution in [1.82, 2.24) is 15.3 Å². The number of fused-ring (bicyclic) bond motifs is 1. The molecule has 0 saturated heterocycles. The molecule has 0 radical (unpaired) electrons. The second-order valence-electron chi connectivity index (χ2n) is 6.33. The van der Waals surface area contributed by atoms with Gasteiger partial charge in [-0.05, 0) is 34.9 Å². The number of ether oxygens (including phenoxy) is 1. The van der Waals surface area contributed by atoms with Gasteiger partial charge in [0.05, 0.1) is 5.69 Å². The molecule has 12 heteroatoms. The lowest BCUT2D eigenvalue weighted by Gasteiger charge is -2.14. The van der Waals surface area contributed by atoms with E-state index in [-0.39, 0.29) is 17.8 Å². The smallest absolute Gasteiger partial charge is 0.403 e. The molecule has 0 saturated carbocycles. The molecule has 0 aliphatic rings. The molecule has 0 unspecified atom stereocenters. The molecular weight excluding hydrogens is 399 g/mol. The van der Waals surface area contributed by atoms with E-state index in [0.717, 1.165) is 6.07 Å². The number of alkyl halides is 3. The van der Waals surface area contributed by atoms with Gasteiger partial charge >= 0.3 is 6.36 Å². The number of nitrogens with two attached hydrogens (primary N) is 1. The van der Waals surface area contributed by atoms with Crippen molar-refractivity contribution in [3.63, 3.8) is 0 Å². The topological polar surface area (TPSA) is 116 Å². The number of rotatable bonds is 4. The highest BCUT2D eigenvalue weighted by atomic mass is 32.2. The molecule has 3 rings (SSSR count). The highest BCUT2D eigenvalue weighted by Gasteiger charge is 2.32. The van der Waals surface area contributed by atoms with Gasteiger partial charge in [0, 0.05) is 39.9 Å². The summed E-state index contributed by atoms with van der Waals surface area (Å²) in [6.45, 7) is 1.72. The molecule has 0 amide bonds. The molecule has 0 aliphatic carbocycles. The molecule has 2 aromatic heterocycles. The number of aryl methyl sites for hydroxylation is 1. The van der Waals surface area contributed by atoms with Gasteiger partial charge in [-0.3, -0.25) is 0 Å². The van der Waals surface area contributed by atoms with Crippen LogP contribution in [-0.2, 0) is 16.1 Å². The van der Waals surface area contributed by atoms with Crippen molar-refractivity contribution in [1.29, 1.82) is 0 Å². The summed E-state index contributed by atoms with van der Waals surface area (Å²) in [5.74, 6) is -0.536. The van der Waals surface area contributed by atoms with Crippen LogP contribution in [-0.4, -0.2) is 38.4 Å². The number of benzene rings is 1. The van der Waals surface area contributed by atoms with E-state index in [9.17, 15) is 17.4 Å². The lowest BCUT2D eigenvalue weighted by molar-refractivity contribution is -0.274. The highest BCUT2D eigenvalue weighted by molar-refractivity contribution is 7.92. The zero-order chi connectivity index (χ0) is 20.7. The summed E-state index contributed by atoms with van der Waals surface area (Å²) in [4.78, 5) is 4.25. The van der Waals surface area contributed by atoms with Crippen molar-refractivity contribution in [2.75, 3.05) is 18.2 Å². The van der Waals surface area contributed by atoms with Crippen LogP contribution < -0.4 is 10.5 Å². The summed E-state index contributed by atoms with van der Waals surface area (Å²) >= 11 is 0. The van der Waals surface area contributed by atoms with Gasteiger partial charge in [-0.2, -0.15) is 4.36 Å². The van der Waals surface area contributed by atoms with Gasteiger partial charge in [-0.1, -0.05) is 6.07 Å². The second kappa shape index (κ2) is 6.93. The van der Waals surface area contributed by atoms with Gasteiger partial charge in [0.15, 0.2) is 11.3 Å². The number of nitrogen functional groups attached to an aromatic ring is 1. The maximum absolute atomic E-state index is 12.6. The summed E-state index contributed by atoms with van der Waals surface area (Å²) in [6.07, 6.45) is -2.04. The monoisotopic (exact) mass is 415 g/mol. The fourth-order valence-electron chi connectivity index (χ4n) is 2.61. The van der Waals surface area contributed by atoms with E-state index in [1.165, 1.54) is 24.6 Å². The number of hydrogen-bond acceptors (Lipinski definition) is 8. The maximum atomic E-state index is 12.6. The first kappa shape index (κ1) is 19.9. The van der Waals surface area contributed by atoms with Crippen molar-refractivity contribution in [3.8, 4) is 5.75 Å². The molecular formula is C16H16F3N5O3S. The molecule has 2 heterocycles. The van der Waals surface area contributed by atoms with E-state index in [1.807, 2.05) is 0 Å². The number of pyridine rings is 1. The van der Waals surface area contributed by atoms with E-state index in [0.29, 0.717) is 28.0 Å². The van der Waals surface area contributed by atoms with E-state index in [2.05, 4.69) is 29.0 Å². The van der Waals surface area contributed by atoms with Gasteiger partial charge in [0.1, 0.15) is 5.69 Å². The zero-order valence-corrected chi connectivity index (χ0v) is 15.9. The van der Waals surface area contributed by atoms with E-state index < -0.39 is 21.8 Å². The summed E-state index contributed by atoms with van der Waals surface area (Å²) in [5, 5.41) is 7.35. The van der Waals surface area contributed by atoms with Crippen LogP contribution in [0.4, 0.5) is 24.5 Å². The van der Waals surface area contributed by atoms with Crippen molar-refractivity contribution in [2.24, 2.45) is 4.36 Å². The van der Waals surface area contributed by atoms with Crippen LogP contribution in [0.3, 0.4) is 0 Å². The van der Waals surface area contributed by atoms with Crippen LogP contribution in [0.25, 0.3) is 11.2 Å². The third-order valence-corrected chi connectivity index (χ3v) is 4.35. The fraction of sp³-hybridized carbons (Fsp3) is 0.312. The first-order chi connectivity index (χ1) is 12.9. The van der Waals surface area contributed by atoms with Crippen LogP contribution in [0.5, 0.6) is 5.75 Å². The molecule has 8 nitrogen and oxygen atoms in total. The van der Waals surface area contributed by atoms with Gasteiger partial charge in [-0.25, -0.2) is 13.8 Å². The van der Waals surface area contributed by atoms with E-state index in [1.54, 1.807) is 6.92 Å². The Hall–Kier alpha value is -2.89. The average molecular weight is 415 g/mol. The molecule has 0 fully saturated rings. The minimum Gasteiger partial charge on any atom is -0.403 e. The Morgan fingerprint density at radius 2 is 2.00 bits per heavy atom. The summed E-state index contributed by atoms with van der Waals surface area (Å²) in [6, 6.07) is 3.94. The van der Waals surface area contributed by atoms with Crippen LogP contribution in [0.15, 0.2) is 27.2 Å². The molecule has 0 aliphatic heterocycles. The first-order valence-electron chi connectivity index (χ1n) is 7.86. The SMILES string of the molecule is Cc1nc2nonc2c(N)c1Cc1ccc(OC(F)(F)F)c(N=S(C)(C)=O)c1. The lowest BCUT2D eigenvalue weighted by Crippen LogP contribution is -2.17. The quantitative estimate of drug-likeness (QED) is 0.694. The van der Waals surface area contributed by atoms with Gasteiger partial charge in [0.2, 0.25) is 5.65 Å². The van der Waals surface area contributed by atoms with E-state index >= 15 is 0 Å². The van der Waals surface area contributed by atoms with Crippen LogP contribution in [0.2, 0.25) is 0 Å². The van der Waals surface area contributed by atoms with Crippen LogP contribution >= 0.6 is 0 Å². The van der Waals surface area contributed by atoms with Gasteiger partial charge in [0.25, 0.3) is 0 Å². The van der Waals surface area contributed by atoms with Crippen molar-refractivity contribution >= 4 is 32.3 Å². The predicted molar refractivity (Wildman–Crippen MR) is 96.8 cm³/mol. The second-order valence-corrected chi connectivity index (χ2v) is 8.87. The predicted octanol–water partition coefficient (Wildman–Crippen LogP) is 3.36. The molecule has 3 aromatic rings. The molecule has 28 heavy (non-hydrogen) atoms. The largest absolute Gasteiger partial charge is 0.573 e. The Labute approximate surface area is 158 Å². The van der Waals surface area contributed by atoms with Crippen molar-refractivity contribution in [3.05, 3.63) is 35.0 Å². The van der Waals surface area contributed by atoms with Crippen LogP contribution in [0, 0.1) is 6.92 Å². The summed E-state index contributed by atoms with van der Waals surface area (Å²) in [5.41, 5.74) is 8.59. The standard InChI is InChI=1S/C16H16F3N5O3S/c1-8-10(13(20)14-15(21-8)23-27-22-14)6-9-4-5-12(26-16(17,18)19)11(7-9)24-28(2,3)25/h4-5,7H,6,20H2,1-3H3. The summed E-state index contributed by atoms with van der Waals surface area (Å²) < 4.78 is 62.4. The van der Waals surface area contributed by atoms with Gasteiger partial charge in [-0.15, -0.1) is 13.2 Å². The van der Waals surface area contributed by atoms with Crippen molar-refractivity contribution < 1.29 is 26.7 Å². The zero-order valence-electron chi connectivity index (χ0n) is 15.1. The number of nitrogens with zero attached hydrogens (tertiary/aromatic N) is 4. The maximum Gasteiger partial charge on any atom is 0.573 e. The van der Waals surface area contributed by atoms with Crippen LogP contribution in [0.1, 0.15) is 16.8 Å². The van der Waals surface area contributed by atoms with Crippen molar-refractivity contribution in [2.45, 2.75) is 19.7 Å². The molecule has 1 aromatic carbocycles. The number of aromatic nitrogens is 3. The minimum absolute atomic E-state index is 0.168. The Balaban J connectivity index is 2.06. The molecule has 0 bridgehead atoms. The molecule has 2 N–H and O–H groups in total. The third-order valence-electron chi connectivity index (χ3n) is 3.71. The highest BCUT2D eigenvalue weighted by Crippen LogP contribution is 2.35. The minimum atomic E-state index is -4.90. The Bertz CT molecular complexity index is 1160. The number of anilines is 1. The van der Waals surface area contributed by atoms with E-state index in [4.69, 9.17) is 5.73 Å².